The minimum atomic E-state index is 0.563. The van der Waals surface area contributed by atoms with Gasteiger partial charge in [0.25, 0.3) is 0 Å². The van der Waals surface area contributed by atoms with Crippen LogP contribution in [0.15, 0.2) is 58.3 Å². The van der Waals surface area contributed by atoms with Crippen LogP contribution in [0.25, 0.3) is 0 Å². The Labute approximate surface area is 146 Å². The van der Waals surface area contributed by atoms with Crippen LogP contribution in [-0.4, -0.2) is 34.3 Å². The van der Waals surface area contributed by atoms with E-state index in [0.29, 0.717) is 6.67 Å². The molecule has 1 aliphatic heterocycles. The van der Waals surface area contributed by atoms with Crippen molar-refractivity contribution in [3.8, 4) is 0 Å². The number of anilines is 1. The Morgan fingerprint density at radius 1 is 1.33 bits per heavy atom. The maximum Gasteiger partial charge on any atom is 0.243 e. The summed E-state index contributed by atoms with van der Waals surface area (Å²) in [5, 5.41) is 8.38. The third-order valence-corrected chi connectivity index (χ3v) is 4.43. The van der Waals surface area contributed by atoms with Crippen molar-refractivity contribution in [1.82, 2.24) is 8.98 Å². The Balaban J connectivity index is 1.57. The summed E-state index contributed by atoms with van der Waals surface area (Å²) in [4.78, 5) is 6.42. The average molecular weight is 344 g/mol. The molecule has 126 valence electrons. The Morgan fingerprint density at radius 2 is 2.17 bits per heavy atom. The Kier molecular flexibility index (Phi) is 5.47. The number of rotatable bonds is 7. The first-order valence-corrected chi connectivity index (χ1v) is 8.78. The second-order valence-corrected chi connectivity index (χ2v) is 6.33. The molecule has 1 aromatic heterocycles. The summed E-state index contributed by atoms with van der Waals surface area (Å²) in [6.45, 7) is 5.63. The summed E-state index contributed by atoms with van der Waals surface area (Å²) >= 11 is 1.45. The normalized spacial score (nSPS) is 14.0. The van der Waals surface area contributed by atoms with E-state index in [1.807, 2.05) is 19.2 Å². The highest BCUT2D eigenvalue weighted by Crippen LogP contribution is 2.22. The lowest BCUT2D eigenvalue weighted by Crippen LogP contribution is -2.28. The summed E-state index contributed by atoms with van der Waals surface area (Å²) in [7, 11) is 2.04. The van der Waals surface area contributed by atoms with Gasteiger partial charge in [0.05, 0.1) is 24.8 Å². The molecule has 3 rings (SSSR count). The summed E-state index contributed by atoms with van der Waals surface area (Å²) in [6.07, 6.45) is 6.24. The van der Waals surface area contributed by atoms with Gasteiger partial charge in [-0.25, -0.2) is 9.13 Å². The van der Waals surface area contributed by atoms with Crippen LogP contribution in [0.1, 0.15) is 6.92 Å². The van der Waals surface area contributed by atoms with Crippen LogP contribution in [0, 0.1) is 0 Å². The lowest BCUT2D eigenvalue weighted by molar-refractivity contribution is -0.671. The molecule has 24 heavy (non-hydrogen) atoms. The van der Waals surface area contributed by atoms with E-state index in [9.17, 15) is 0 Å². The van der Waals surface area contributed by atoms with E-state index in [4.69, 9.17) is 0 Å². The molecule has 0 fully saturated rings. The van der Waals surface area contributed by atoms with E-state index >= 15 is 0 Å². The first-order valence-electron chi connectivity index (χ1n) is 7.95. The number of aromatic nitrogens is 2. The molecular weight excluding hydrogens is 322 g/mol. The lowest BCUT2D eigenvalue weighted by atomic mass is 10.2. The van der Waals surface area contributed by atoms with Gasteiger partial charge in [-0.3, -0.25) is 4.99 Å². The zero-order chi connectivity index (χ0) is 16.8. The largest absolute Gasteiger partial charge is 0.368 e. The fourth-order valence-electron chi connectivity index (χ4n) is 2.45. The van der Waals surface area contributed by atoms with E-state index in [0.717, 1.165) is 25.3 Å². The molecule has 0 saturated heterocycles. The van der Waals surface area contributed by atoms with Crippen molar-refractivity contribution >= 4 is 28.9 Å². The number of benzene rings is 1. The highest BCUT2D eigenvalue weighted by Gasteiger charge is 2.08. The van der Waals surface area contributed by atoms with E-state index in [-0.39, 0.29) is 0 Å². The second-order valence-electron chi connectivity index (χ2n) is 5.49. The van der Waals surface area contributed by atoms with E-state index in [1.54, 1.807) is 9.96 Å². The topological polar surface area (TPSA) is 52.4 Å². The van der Waals surface area contributed by atoms with Crippen LogP contribution >= 0.6 is 11.9 Å². The number of imidazole rings is 1. The Morgan fingerprint density at radius 3 is 2.79 bits per heavy atom. The molecule has 0 radical (unpaired) electrons. The molecule has 1 aliphatic rings. The molecule has 0 N–H and O–H groups in total. The maximum absolute atomic E-state index is 4.24. The molecule has 0 bridgehead atoms. The average Bonchev–Trinajstić information content (AvgIpc) is 3.26. The quantitative estimate of drug-likeness (QED) is 0.441. The van der Waals surface area contributed by atoms with Crippen molar-refractivity contribution in [3.05, 3.63) is 43.0 Å². The number of likely N-dealkylation sites (N-methyl/N-ethyl adjacent to an activating group) is 1. The predicted molar refractivity (Wildman–Crippen MR) is 97.2 cm³/mol. The number of hydrogen-bond donors (Lipinski definition) is 0. The smallest absolute Gasteiger partial charge is 0.243 e. The zero-order valence-electron chi connectivity index (χ0n) is 14.0. The van der Waals surface area contributed by atoms with Crippen LogP contribution in [0.2, 0.25) is 0 Å². The van der Waals surface area contributed by atoms with E-state index in [2.05, 4.69) is 67.1 Å². The van der Waals surface area contributed by atoms with Crippen LogP contribution in [0.4, 0.5) is 11.4 Å². The Bertz CT molecular complexity index is 699. The van der Waals surface area contributed by atoms with Gasteiger partial charge in [0.2, 0.25) is 6.33 Å². The minimum Gasteiger partial charge on any atom is -0.368 e. The van der Waals surface area contributed by atoms with Crippen molar-refractivity contribution in [2.45, 2.75) is 13.5 Å². The molecule has 0 saturated carbocycles. The molecule has 8 heteroatoms. The molecule has 7 nitrogen and oxygen atoms in total. The predicted octanol–water partition coefficient (Wildman–Crippen LogP) is 2.79. The van der Waals surface area contributed by atoms with Crippen molar-refractivity contribution in [3.63, 3.8) is 0 Å². The van der Waals surface area contributed by atoms with Crippen molar-refractivity contribution < 1.29 is 4.57 Å². The van der Waals surface area contributed by atoms with Crippen molar-refractivity contribution in [1.29, 1.82) is 0 Å². The molecular formula is C16H22N7S+. The molecule has 0 aliphatic carbocycles. The molecule has 1 aromatic carbocycles. The number of aryl methyl sites for hydroxylation is 1. The van der Waals surface area contributed by atoms with Crippen LogP contribution in [0.3, 0.4) is 0 Å². The SMILES string of the molecule is CCN(CCn1cc[n+](C)c1)c1ccc(N=NN2CN=CS2)cc1. The highest BCUT2D eigenvalue weighted by atomic mass is 32.2. The first kappa shape index (κ1) is 16.5. The van der Waals surface area contributed by atoms with Gasteiger partial charge >= 0.3 is 0 Å². The van der Waals surface area contributed by atoms with Crippen LogP contribution in [-0.2, 0) is 13.6 Å². The zero-order valence-corrected chi connectivity index (χ0v) is 14.8. The lowest BCUT2D eigenvalue weighted by Gasteiger charge is -2.22. The molecule has 0 amide bonds. The third-order valence-electron chi connectivity index (χ3n) is 3.75. The molecule has 0 atom stereocenters. The van der Waals surface area contributed by atoms with E-state index < -0.39 is 0 Å². The van der Waals surface area contributed by atoms with Gasteiger partial charge < -0.3 is 4.90 Å². The molecule has 2 aromatic rings. The number of aliphatic imine (C=N–C) groups is 1. The van der Waals surface area contributed by atoms with Gasteiger partial charge in [-0.05, 0) is 31.2 Å². The van der Waals surface area contributed by atoms with Gasteiger partial charge in [0.1, 0.15) is 25.6 Å². The van der Waals surface area contributed by atoms with E-state index in [1.165, 1.54) is 17.6 Å². The standard InChI is InChI=1S/C16H22N7S/c1-3-22(11-10-21-9-8-20(2)14-21)16-6-4-15(5-7-16)18-19-23-12-17-13-24-23/h4-9,13-14H,3,10-12H2,1-2H3/q+1. The summed E-state index contributed by atoms with van der Waals surface area (Å²) < 4.78 is 5.99. The monoisotopic (exact) mass is 344 g/mol. The maximum atomic E-state index is 4.24. The number of nitrogens with zero attached hydrogens (tertiary/aromatic N) is 7. The summed E-state index contributed by atoms with van der Waals surface area (Å²) in [6, 6.07) is 8.19. The third kappa shape index (κ3) is 4.35. The minimum absolute atomic E-state index is 0.563. The van der Waals surface area contributed by atoms with Gasteiger partial charge in [0.15, 0.2) is 0 Å². The van der Waals surface area contributed by atoms with Gasteiger partial charge in [-0.15, -0.1) is 5.11 Å². The van der Waals surface area contributed by atoms with Crippen LogP contribution < -0.4 is 9.47 Å². The summed E-state index contributed by atoms with van der Waals surface area (Å²) in [5.41, 5.74) is 3.82. The van der Waals surface area contributed by atoms with Crippen molar-refractivity contribution in [2.75, 3.05) is 24.7 Å². The molecule has 0 spiro atoms. The second kappa shape index (κ2) is 7.96. The fraction of sp³-hybridized carbons (Fsp3) is 0.375. The van der Waals surface area contributed by atoms with Crippen LogP contribution in [0.5, 0.6) is 0 Å². The highest BCUT2D eigenvalue weighted by molar-refractivity contribution is 8.10. The first-order chi connectivity index (χ1) is 11.7. The van der Waals surface area contributed by atoms with Gasteiger partial charge in [0, 0.05) is 24.2 Å². The fourth-order valence-corrected chi connectivity index (χ4v) is 2.90. The van der Waals surface area contributed by atoms with Gasteiger partial charge in [-0.2, -0.15) is 4.41 Å². The van der Waals surface area contributed by atoms with Crippen molar-refractivity contribution in [2.24, 2.45) is 22.4 Å². The number of hydrogen-bond acceptors (Lipinski definition) is 5. The summed E-state index contributed by atoms with van der Waals surface area (Å²) in [5.74, 6) is 0. The molecule has 2 heterocycles. The molecule has 0 unspecified atom stereocenters. The Hall–Kier alpha value is -2.35. The van der Waals surface area contributed by atoms with Gasteiger partial charge in [-0.1, -0.05) is 5.22 Å².